The van der Waals surface area contributed by atoms with E-state index in [2.05, 4.69) is 9.97 Å². The van der Waals surface area contributed by atoms with Crippen LogP contribution in [0.25, 0.3) is 10.9 Å². The second kappa shape index (κ2) is 8.79. The average Bonchev–Trinajstić information content (AvgIpc) is 2.57. The summed E-state index contributed by atoms with van der Waals surface area (Å²) in [6, 6.07) is 6.86. The van der Waals surface area contributed by atoms with Crippen molar-refractivity contribution < 1.29 is 18.0 Å². The first kappa shape index (κ1) is 19.9. The molecular formula is C17H21F3N4O2. The van der Waals surface area contributed by atoms with Crippen molar-refractivity contribution in [3.05, 3.63) is 40.4 Å². The second-order valence-electron chi connectivity index (χ2n) is 5.99. The SMILES string of the molecule is CCCCN(CC(=O)NCC(F)(F)F)Cc1nc2ccccc2c(=O)[nH]1. The molecular weight excluding hydrogens is 349 g/mol. The zero-order valence-corrected chi connectivity index (χ0v) is 14.4. The van der Waals surface area contributed by atoms with Crippen LogP contribution in [0, 0.1) is 0 Å². The monoisotopic (exact) mass is 370 g/mol. The number of nitrogens with one attached hydrogen (secondary N) is 2. The van der Waals surface area contributed by atoms with Gasteiger partial charge in [0.05, 0.1) is 24.0 Å². The highest BCUT2D eigenvalue weighted by Crippen LogP contribution is 2.12. The molecule has 0 aliphatic heterocycles. The van der Waals surface area contributed by atoms with Gasteiger partial charge in [0.25, 0.3) is 5.56 Å². The maximum Gasteiger partial charge on any atom is 0.405 e. The van der Waals surface area contributed by atoms with Crippen LogP contribution in [0.15, 0.2) is 29.1 Å². The van der Waals surface area contributed by atoms with Gasteiger partial charge in [-0.15, -0.1) is 0 Å². The van der Waals surface area contributed by atoms with E-state index in [0.717, 1.165) is 12.8 Å². The number of nitrogens with zero attached hydrogens (tertiary/aromatic N) is 2. The molecule has 0 fully saturated rings. The topological polar surface area (TPSA) is 78.1 Å². The highest BCUT2D eigenvalue weighted by Gasteiger charge is 2.28. The first-order valence-corrected chi connectivity index (χ1v) is 8.32. The summed E-state index contributed by atoms with van der Waals surface area (Å²) in [5, 5.41) is 2.32. The molecule has 2 aromatic rings. The third-order valence-corrected chi connectivity index (χ3v) is 3.72. The lowest BCUT2D eigenvalue weighted by atomic mass is 10.2. The molecule has 9 heteroatoms. The quantitative estimate of drug-likeness (QED) is 0.747. The van der Waals surface area contributed by atoms with E-state index in [-0.39, 0.29) is 18.6 Å². The zero-order chi connectivity index (χ0) is 19.2. The summed E-state index contributed by atoms with van der Waals surface area (Å²) in [5.74, 6) is -0.352. The lowest BCUT2D eigenvalue weighted by molar-refractivity contribution is -0.139. The van der Waals surface area contributed by atoms with E-state index < -0.39 is 18.6 Å². The number of unbranched alkanes of at least 4 members (excludes halogenated alkanes) is 1. The Hall–Kier alpha value is -2.42. The number of amides is 1. The Bertz CT molecular complexity index is 804. The largest absolute Gasteiger partial charge is 0.405 e. The Morgan fingerprint density at radius 2 is 2.04 bits per heavy atom. The molecule has 0 atom stereocenters. The van der Waals surface area contributed by atoms with Crippen LogP contribution in [0.4, 0.5) is 13.2 Å². The Kier molecular flexibility index (Phi) is 6.73. The van der Waals surface area contributed by atoms with E-state index in [0.29, 0.717) is 23.3 Å². The van der Waals surface area contributed by atoms with Crippen LogP contribution in [0.3, 0.4) is 0 Å². The van der Waals surface area contributed by atoms with Crippen molar-refractivity contribution in [2.24, 2.45) is 0 Å². The Labute approximate surface area is 148 Å². The predicted octanol–water partition coefficient (Wildman–Crippen LogP) is 2.20. The Balaban J connectivity index is 2.09. The van der Waals surface area contributed by atoms with Crippen molar-refractivity contribution in [3.63, 3.8) is 0 Å². The lowest BCUT2D eigenvalue weighted by Crippen LogP contribution is -2.41. The fourth-order valence-corrected chi connectivity index (χ4v) is 2.48. The van der Waals surface area contributed by atoms with E-state index in [9.17, 15) is 22.8 Å². The molecule has 0 aliphatic rings. The standard InChI is InChI=1S/C17H21F3N4O2/c1-2-3-8-24(10-15(25)21-11-17(18,19)20)9-14-22-13-7-5-4-6-12(13)16(26)23-14/h4-7H,2-3,8-11H2,1H3,(H,21,25)(H,22,23,26). The zero-order valence-electron chi connectivity index (χ0n) is 14.4. The van der Waals surface area contributed by atoms with Crippen LogP contribution in [0.5, 0.6) is 0 Å². The number of H-pyrrole nitrogens is 1. The van der Waals surface area contributed by atoms with Gasteiger partial charge in [0.1, 0.15) is 12.4 Å². The molecule has 0 saturated carbocycles. The summed E-state index contributed by atoms with van der Waals surface area (Å²) in [6.07, 6.45) is -2.82. The normalized spacial score (nSPS) is 11.9. The number of carbonyl (C=O) groups excluding carboxylic acids is 1. The summed E-state index contributed by atoms with van der Waals surface area (Å²) in [4.78, 5) is 32.6. The summed E-state index contributed by atoms with van der Waals surface area (Å²) in [6.45, 7) is 1.08. The molecule has 1 aromatic heterocycles. The molecule has 0 bridgehead atoms. The number of rotatable bonds is 8. The molecule has 0 saturated heterocycles. The van der Waals surface area contributed by atoms with Gasteiger partial charge in [-0.2, -0.15) is 13.2 Å². The fraction of sp³-hybridized carbons (Fsp3) is 0.471. The van der Waals surface area contributed by atoms with E-state index in [1.807, 2.05) is 12.2 Å². The molecule has 0 unspecified atom stereocenters. The number of aromatic amines is 1. The van der Waals surface area contributed by atoms with E-state index >= 15 is 0 Å². The van der Waals surface area contributed by atoms with Crippen molar-refractivity contribution in [2.45, 2.75) is 32.5 Å². The summed E-state index contributed by atoms with van der Waals surface area (Å²) in [5.41, 5.74) is 0.241. The van der Waals surface area contributed by atoms with E-state index in [1.165, 1.54) is 0 Å². The predicted molar refractivity (Wildman–Crippen MR) is 91.6 cm³/mol. The number of aromatic nitrogens is 2. The molecule has 6 nitrogen and oxygen atoms in total. The minimum absolute atomic E-state index is 0.166. The fourth-order valence-electron chi connectivity index (χ4n) is 2.48. The molecule has 1 heterocycles. The maximum absolute atomic E-state index is 12.2. The maximum atomic E-state index is 12.2. The third-order valence-electron chi connectivity index (χ3n) is 3.72. The molecule has 0 radical (unpaired) electrons. The average molecular weight is 370 g/mol. The first-order valence-electron chi connectivity index (χ1n) is 8.32. The van der Waals surface area contributed by atoms with Crippen LogP contribution in [0.2, 0.25) is 0 Å². The molecule has 2 rings (SSSR count). The van der Waals surface area contributed by atoms with Gasteiger partial charge in [-0.05, 0) is 25.1 Å². The minimum Gasteiger partial charge on any atom is -0.346 e. The molecule has 0 aliphatic carbocycles. The van der Waals surface area contributed by atoms with Gasteiger partial charge in [-0.25, -0.2) is 4.98 Å². The highest BCUT2D eigenvalue weighted by molar-refractivity contribution is 5.78. The van der Waals surface area contributed by atoms with E-state index in [4.69, 9.17) is 0 Å². The van der Waals surface area contributed by atoms with Crippen LogP contribution in [-0.4, -0.2) is 46.6 Å². The molecule has 26 heavy (non-hydrogen) atoms. The number of carbonyl (C=O) groups is 1. The van der Waals surface area contributed by atoms with Crippen molar-refractivity contribution in [2.75, 3.05) is 19.6 Å². The van der Waals surface area contributed by atoms with E-state index in [1.54, 1.807) is 29.2 Å². The number of para-hydroxylation sites is 1. The Morgan fingerprint density at radius 3 is 2.73 bits per heavy atom. The smallest absolute Gasteiger partial charge is 0.346 e. The van der Waals surface area contributed by atoms with Gasteiger partial charge in [0, 0.05) is 0 Å². The number of benzene rings is 1. The highest BCUT2D eigenvalue weighted by atomic mass is 19.4. The molecule has 1 aromatic carbocycles. The van der Waals surface area contributed by atoms with Gasteiger partial charge in [-0.1, -0.05) is 25.5 Å². The number of hydrogen-bond donors (Lipinski definition) is 2. The van der Waals surface area contributed by atoms with Gasteiger partial charge in [0.15, 0.2) is 0 Å². The number of fused-ring (bicyclic) bond motifs is 1. The molecule has 142 valence electrons. The first-order chi connectivity index (χ1) is 12.3. The number of hydrogen-bond acceptors (Lipinski definition) is 4. The van der Waals surface area contributed by atoms with Crippen LogP contribution >= 0.6 is 0 Å². The molecule has 1 amide bonds. The Morgan fingerprint density at radius 1 is 1.31 bits per heavy atom. The number of alkyl halides is 3. The lowest BCUT2D eigenvalue weighted by Gasteiger charge is -2.21. The molecule has 0 spiro atoms. The third kappa shape index (κ3) is 6.14. The van der Waals surface area contributed by atoms with Crippen LogP contribution in [-0.2, 0) is 11.3 Å². The second-order valence-corrected chi connectivity index (χ2v) is 5.99. The van der Waals surface area contributed by atoms with Crippen molar-refractivity contribution in [3.8, 4) is 0 Å². The van der Waals surface area contributed by atoms with Gasteiger partial charge in [0.2, 0.25) is 5.91 Å². The van der Waals surface area contributed by atoms with Crippen LogP contribution < -0.4 is 10.9 Å². The van der Waals surface area contributed by atoms with Crippen molar-refractivity contribution >= 4 is 16.8 Å². The molecule has 2 N–H and O–H groups in total. The van der Waals surface area contributed by atoms with Gasteiger partial charge in [-0.3, -0.25) is 14.5 Å². The van der Waals surface area contributed by atoms with Crippen LogP contribution in [0.1, 0.15) is 25.6 Å². The number of halogens is 3. The summed E-state index contributed by atoms with van der Waals surface area (Å²) in [7, 11) is 0. The van der Waals surface area contributed by atoms with Gasteiger partial charge < -0.3 is 10.3 Å². The van der Waals surface area contributed by atoms with Crippen molar-refractivity contribution in [1.82, 2.24) is 20.2 Å². The summed E-state index contributed by atoms with van der Waals surface area (Å²) < 4.78 is 36.7. The minimum atomic E-state index is -4.45. The van der Waals surface area contributed by atoms with Gasteiger partial charge >= 0.3 is 6.18 Å². The summed E-state index contributed by atoms with van der Waals surface area (Å²) >= 11 is 0. The van der Waals surface area contributed by atoms with Crippen molar-refractivity contribution in [1.29, 1.82) is 0 Å².